The van der Waals surface area contributed by atoms with Gasteiger partial charge in [0.15, 0.2) is 11.9 Å². The van der Waals surface area contributed by atoms with Gasteiger partial charge in [0.25, 0.3) is 0 Å². The van der Waals surface area contributed by atoms with E-state index in [2.05, 4.69) is 52.1 Å². The smallest absolute Gasteiger partial charge is 0.240 e. The molecule has 3 aliphatic heterocycles. The lowest BCUT2D eigenvalue weighted by atomic mass is 9.94. The van der Waals surface area contributed by atoms with Crippen LogP contribution < -0.4 is 21.6 Å². The first-order valence-electron chi connectivity index (χ1n) is 14.4. The number of hydrogen-bond acceptors (Lipinski definition) is 12. The maximum Gasteiger partial charge on any atom is 0.240 e. The van der Waals surface area contributed by atoms with Gasteiger partial charge < -0.3 is 10.1 Å². The van der Waals surface area contributed by atoms with Crippen LogP contribution in [0.15, 0.2) is 79.1 Å². The third kappa shape index (κ3) is 7.24. The Morgan fingerprint density at radius 1 is 1.00 bits per heavy atom. The van der Waals surface area contributed by atoms with Gasteiger partial charge in [0.05, 0.1) is 29.4 Å². The summed E-state index contributed by atoms with van der Waals surface area (Å²) < 4.78 is 5.69. The molecule has 0 aromatic heterocycles. The fraction of sp³-hybridized carbons (Fsp3) is 0.333. The molecule has 15 heteroatoms. The molecule has 0 fully saturated rings. The van der Waals surface area contributed by atoms with Crippen LogP contribution in [0, 0.1) is 28.6 Å². The molecule has 45 heavy (non-hydrogen) atoms. The second-order valence-electron chi connectivity index (χ2n) is 10.6. The molecule has 2 aromatic rings. The van der Waals surface area contributed by atoms with E-state index in [1.807, 2.05) is 44.2 Å². The lowest BCUT2D eigenvalue weighted by Gasteiger charge is -2.26. The van der Waals surface area contributed by atoms with Gasteiger partial charge in [-0.1, -0.05) is 38.1 Å². The van der Waals surface area contributed by atoms with Gasteiger partial charge in [-0.25, -0.2) is 15.8 Å². The quantitative estimate of drug-likeness (QED) is 0.172. The normalized spacial score (nSPS) is 23.6. The fourth-order valence-corrected chi connectivity index (χ4v) is 4.90. The average Bonchev–Trinajstić information content (AvgIpc) is 3.02. The highest BCUT2D eigenvalue weighted by Gasteiger charge is 2.33. The first-order chi connectivity index (χ1) is 21.7. The monoisotopic (exact) mass is 608 g/mol. The average molecular weight is 609 g/mol. The van der Waals surface area contributed by atoms with Crippen molar-refractivity contribution in [1.29, 1.82) is 10.7 Å². The summed E-state index contributed by atoms with van der Waals surface area (Å²) >= 11 is 0. The number of nitrogens with one attached hydrogen (secondary N) is 5. The molecular formula is C30H32N12O3. The number of benzene rings is 2. The second kappa shape index (κ2) is 13.7. The maximum atomic E-state index is 11.6. The van der Waals surface area contributed by atoms with E-state index >= 15 is 0 Å². The summed E-state index contributed by atoms with van der Waals surface area (Å²) in [4.78, 5) is 27.6. The van der Waals surface area contributed by atoms with Crippen LogP contribution >= 0.6 is 0 Å². The number of amidine groups is 1. The summed E-state index contributed by atoms with van der Waals surface area (Å²) in [6.45, 7) is 5.95. The van der Waals surface area contributed by atoms with E-state index in [0.717, 1.165) is 22.6 Å². The molecule has 0 radical (unpaired) electrons. The third-order valence-electron chi connectivity index (χ3n) is 7.18. The topological polar surface area (TPSA) is 213 Å². The van der Waals surface area contributed by atoms with Crippen molar-refractivity contribution < 1.29 is 14.3 Å². The van der Waals surface area contributed by atoms with Crippen LogP contribution in [0.1, 0.15) is 44.7 Å². The number of anilines is 1. The van der Waals surface area contributed by atoms with Crippen LogP contribution in [0.3, 0.4) is 0 Å². The van der Waals surface area contributed by atoms with Crippen LogP contribution in [-0.4, -0.2) is 59.5 Å². The lowest BCUT2D eigenvalue weighted by Crippen LogP contribution is -2.51. The SMILES string of the molecule is CCOC1=NC(C(C#N)=NNc2ccc(C3=NNC(=O)CC3C)cc2)NC(=N)C1N=Nc1ccc(C2=NNC(=O)CC2C)cc1. The highest BCUT2D eigenvalue weighted by molar-refractivity contribution is 6.13. The maximum absolute atomic E-state index is 11.6. The molecule has 5 N–H and O–H groups in total. The van der Waals surface area contributed by atoms with Crippen LogP contribution in [0.2, 0.25) is 0 Å². The van der Waals surface area contributed by atoms with E-state index in [1.54, 1.807) is 31.2 Å². The Labute approximate surface area is 259 Å². The summed E-state index contributed by atoms with van der Waals surface area (Å²) in [5.41, 5.74) is 12.3. The Hall–Kier alpha value is -5.78. The summed E-state index contributed by atoms with van der Waals surface area (Å²) in [5.74, 6) is -0.152. The molecule has 2 amide bonds. The molecule has 0 saturated heterocycles. The Morgan fingerprint density at radius 3 is 2.11 bits per heavy atom. The van der Waals surface area contributed by atoms with Gasteiger partial charge in [-0.3, -0.25) is 20.4 Å². The zero-order valence-corrected chi connectivity index (χ0v) is 24.9. The number of azo groups is 1. The number of ether oxygens (including phenoxy) is 1. The van der Waals surface area contributed by atoms with E-state index in [-0.39, 0.29) is 47.7 Å². The molecule has 3 aliphatic rings. The molecule has 3 heterocycles. The summed E-state index contributed by atoms with van der Waals surface area (Å²) in [5, 5.41) is 42.4. The van der Waals surface area contributed by atoms with E-state index in [0.29, 0.717) is 24.2 Å². The van der Waals surface area contributed by atoms with Crippen LogP contribution in [0.25, 0.3) is 0 Å². The van der Waals surface area contributed by atoms with Gasteiger partial charge in [-0.15, -0.1) is 0 Å². The van der Waals surface area contributed by atoms with Crippen molar-refractivity contribution in [2.75, 3.05) is 12.0 Å². The van der Waals surface area contributed by atoms with Crippen molar-refractivity contribution in [3.63, 3.8) is 0 Å². The number of hydrazone groups is 3. The standard InChI is InChI=1S/C30H32N12O3/c1-4-45-30-27(42-36-21-11-7-19(8-12-21)26-17(3)14-24(44)39-41-26)28(32)33-29(34-30)22(15-31)37-35-20-9-5-18(6-10-20)25-16(2)13-23(43)38-40-25/h5-12,16-17,27,29,35H,4,13-14H2,1-3H3,(H2,32,33)(H,38,43)(H,39,44). The van der Waals surface area contributed by atoms with E-state index in [4.69, 9.17) is 10.1 Å². The van der Waals surface area contributed by atoms with E-state index in [1.165, 1.54) is 0 Å². The highest BCUT2D eigenvalue weighted by atomic mass is 16.5. The van der Waals surface area contributed by atoms with Crippen molar-refractivity contribution in [3.05, 3.63) is 59.7 Å². The minimum absolute atomic E-state index is 0.00657. The first kappa shape index (κ1) is 30.7. The largest absolute Gasteiger partial charge is 0.479 e. The van der Waals surface area contributed by atoms with E-state index < -0.39 is 12.2 Å². The van der Waals surface area contributed by atoms with Gasteiger partial charge in [-0.05, 0) is 42.3 Å². The number of carbonyl (C=O) groups excluding carboxylic acids is 2. The Balaban J connectivity index is 1.27. The molecule has 0 saturated carbocycles. The molecule has 0 spiro atoms. The van der Waals surface area contributed by atoms with E-state index in [9.17, 15) is 14.9 Å². The van der Waals surface area contributed by atoms with Crippen molar-refractivity contribution in [2.24, 2.45) is 42.4 Å². The predicted molar refractivity (Wildman–Crippen MR) is 168 cm³/mol. The van der Waals surface area contributed by atoms with Gasteiger partial charge >= 0.3 is 0 Å². The highest BCUT2D eigenvalue weighted by Crippen LogP contribution is 2.22. The first-order valence-corrected chi connectivity index (χ1v) is 14.4. The van der Waals surface area contributed by atoms with Crippen molar-refractivity contribution in [3.8, 4) is 6.07 Å². The summed E-state index contributed by atoms with van der Waals surface area (Å²) in [6.07, 6.45) is -0.227. The minimum atomic E-state index is -0.971. The zero-order valence-electron chi connectivity index (χ0n) is 24.9. The van der Waals surface area contributed by atoms with Crippen LogP contribution in [-0.2, 0) is 14.3 Å². The number of hydrogen-bond donors (Lipinski definition) is 5. The molecule has 5 rings (SSSR count). The van der Waals surface area contributed by atoms with Crippen molar-refractivity contribution in [1.82, 2.24) is 16.2 Å². The molecule has 4 atom stereocenters. The molecule has 2 aromatic carbocycles. The summed E-state index contributed by atoms with van der Waals surface area (Å²) in [7, 11) is 0. The van der Waals surface area contributed by atoms with Gasteiger partial charge in [-0.2, -0.15) is 30.8 Å². The summed E-state index contributed by atoms with van der Waals surface area (Å²) in [6, 6.07) is 15.6. The molecule has 15 nitrogen and oxygen atoms in total. The molecule has 0 aliphatic carbocycles. The number of rotatable bonds is 8. The zero-order chi connectivity index (χ0) is 31.9. The molecule has 230 valence electrons. The van der Waals surface area contributed by atoms with Gasteiger partial charge in [0.2, 0.25) is 23.8 Å². The fourth-order valence-electron chi connectivity index (χ4n) is 4.90. The number of aliphatic imine (C=N–C) groups is 1. The molecule has 4 unspecified atom stereocenters. The third-order valence-corrected chi connectivity index (χ3v) is 7.18. The van der Waals surface area contributed by atoms with Crippen LogP contribution in [0.4, 0.5) is 11.4 Å². The number of nitrogens with zero attached hydrogens (tertiary/aromatic N) is 7. The predicted octanol–water partition coefficient (Wildman–Crippen LogP) is 3.19. The number of nitriles is 1. The van der Waals surface area contributed by atoms with Gasteiger partial charge in [0.1, 0.15) is 11.9 Å². The molecule has 0 bridgehead atoms. The minimum Gasteiger partial charge on any atom is -0.479 e. The lowest BCUT2D eigenvalue weighted by molar-refractivity contribution is -0.122. The van der Waals surface area contributed by atoms with Crippen molar-refractivity contribution in [2.45, 2.75) is 45.8 Å². The Morgan fingerprint density at radius 2 is 1.58 bits per heavy atom. The number of amides is 2. The van der Waals surface area contributed by atoms with Crippen molar-refractivity contribution >= 4 is 52.1 Å². The second-order valence-corrected chi connectivity index (χ2v) is 10.6. The Bertz CT molecular complexity index is 1670. The van der Waals surface area contributed by atoms with Crippen LogP contribution in [0.5, 0.6) is 0 Å². The number of carbonyl (C=O) groups is 2. The molecular weight excluding hydrogens is 576 g/mol. The Kier molecular flexibility index (Phi) is 9.32. The van der Waals surface area contributed by atoms with Gasteiger partial charge in [0, 0.05) is 24.7 Å².